The Morgan fingerprint density at radius 3 is 2.64 bits per heavy atom. The van der Waals surface area contributed by atoms with Crippen LogP contribution in [0.15, 0.2) is 35.4 Å². The maximum Gasteiger partial charge on any atom is 0.259 e. The molecule has 0 bridgehead atoms. The molecule has 28 heavy (non-hydrogen) atoms. The Hall–Kier alpha value is -2.22. The summed E-state index contributed by atoms with van der Waals surface area (Å²) in [5.74, 6) is 0.0444. The van der Waals surface area contributed by atoms with E-state index in [2.05, 4.69) is 21.7 Å². The van der Waals surface area contributed by atoms with Gasteiger partial charge in [0.2, 0.25) is 0 Å². The average molecular weight is 386 g/mol. The highest BCUT2D eigenvalue weighted by Crippen LogP contribution is 2.32. The van der Waals surface area contributed by atoms with E-state index in [1.165, 1.54) is 0 Å². The molecule has 2 aromatic rings. The summed E-state index contributed by atoms with van der Waals surface area (Å²) in [6.45, 7) is 9.46. The molecule has 1 aliphatic heterocycles. The molecule has 0 spiro atoms. The molecule has 0 radical (unpaired) electrons. The van der Waals surface area contributed by atoms with Gasteiger partial charge in [-0.3, -0.25) is 14.7 Å². The number of aromatic nitrogens is 2. The summed E-state index contributed by atoms with van der Waals surface area (Å²) < 4.78 is 6.85. The van der Waals surface area contributed by atoms with Crippen LogP contribution in [0.5, 0.6) is 5.75 Å². The summed E-state index contributed by atoms with van der Waals surface area (Å²) >= 11 is 0. The van der Waals surface area contributed by atoms with Crippen LogP contribution in [0, 0.1) is 6.92 Å². The second-order valence-electron chi connectivity index (χ2n) is 7.19. The number of aromatic hydroxyl groups is 1. The van der Waals surface area contributed by atoms with Gasteiger partial charge in [0, 0.05) is 57.9 Å². The first kappa shape index (κ1) is 20.5. The molecular weight excluding hydrogens is 356 g/mol. The Bertz CT molecular complexity index is 830. The van der Waals surface area contributed by atoms with Crippen molar-refractivity contribution in [2.24, 2.45) is 0 Å². The smallest absolute Gasteiger partial charge is 0.259 e. The summed E-state index contributed by atoms with van der Waals surface area (Å²) in [6.07, 6.45) is 3.51. The van der Waals surface area contributed by atoms with E-state index in [0.29, 0.717) is 18.7 Å². The number of rotatable bonds is 7. The van der Waals surface area contributed by atoms with Crippen LogP contribution in [-0.2, 0) is 11.3 Å². The van der Waals surface area contributed by atoms with Gasteiger partial charge in [0.25, 0.3) is 5.56 Å². The second kappa shape index (κ2) is 9.32. The molecule has 3 heterocycles. The molecule has 1 aliphatic rings. The topological polar surface area (TPSA) is 70.8 Å². The number of hydrogen-bond donors (Lipinski definition) is 1. The standard InChI is InChI=1S/C21H30N4O3/c1-4-23-8-10-24(11-9-23)20(17-6-5-7-22-15-17)19-18(26)14-16(2)25(21(19)27)12-13-28-3/h5-7,14-15,20,26H,4,8-13H2,1-3H3/t20-/m1/s1. The molecule has 0 aromatic carbocycles. The summed E-state index contributed by atoms with van der Waals surface area (Å²) in [6, 6.07) is 5.20. The Morgan fingerprint density at radius 2 is 2.04 bits per heavy atom. The number of hydrogen-bond acceptors (Lipinski definition) is 6. The molecule has 0 amide bonds. The van der Waals surface area contributed by atoms with Crippen molar-refractivity contribution in [1.29, 1.82) is 0 Å². The van der Waals surface area contributed by atoms with Gasteiger partial charge < -0.3 is 19.3 Å². The number of nitrogens with zero attached hydrogens (tertiary/aromatic N) is 4. The van der Waals surface area contributed by atoms with Crippen molar-refractivity contribution in [2.75, 3.05) is 46.4 Å². The highest BCUT2D eigenvalue weighted by molar-refractivity contribution is 5.40. The third-order valence-electron chi connectivity index (χ3n) is 5.53. The summed E-state index contributed by atoms with van der Waals surface area (Å²) in [4.78, 5) is 22.3. The Labute approximate surface area is 166 Å². The average Bonchev–Trinajstić information content (AvgIpc) is 2.71. The van der Waals surface area contributed by atoms with Crippen molar-refractivity contribution in [2.45, 2.75) is 26.4 Å². The van der Waals surface area contributed by atoms with E-state index in [1.54, 1.807) is 30.1 Å². The van der Waals surface area contributed by atoms with E-state index < -0.39 is 0 Å². The van der Waals surface area contributed by atoms with Crippen LogP contribution >= 0.6 is 0 Å². The van der Waals surface area contributed by atoms with Crippen molar-refractivity contribution in [3.63, 3.8) is 0 Å². The van der Waals surface area contributed by atoms with Gasteiger partial charge in [-0.1, -0.05) is 13.0 Å². The predicted octanol–water partition coefficient (Wildman–Crippen LogP) is 1.63. The van der Waals surface area contributed by atoms with Gasteiger partial charge in [-0.05, 0) is 31.2 Å². The summed E-state index contributed by atoms with van der Waals surface area (Å²) in [7, 11) is 1.62. The van der Waals surface area contributed by atoms with Crippen LogP contribution in [0.1, 0.15) is 29.8 Å². The molecule has 152 valence electrons. The van der Waals surface area contributed by atoms with Crippen LogP contribution in [0.4, 0.5) is 0 Å². The molecule has 1 atom stereocenters. The SMILES string of the molecule is CCN1CCN([C@H](c2cccnc2)c2c(O)cc(C)n(CCOC)c2=O)CC1. The van der Waals surface area contributed by atoms with Crippen molar-refractivity contribution < 1.29 is 9.84 Å². The molecular formula is C21H30N4O3. The third kappa shape index (κ3) is 4.27. The lowest BCUT2D eigenvalue weighted by molar-refractivity contribution is 0.111. The van der Waals surface area contributed by atoms with E-state index in [1.807, 2.05) is 19.1 Å². The number of piperazine rings is 1. The maximum atomic E-state index is 13.4. The van der Waals surface area contributed by atoms with Crippen LogP contribution in [0.3, 0.4) is 0 Å². The minimum absolute atomic E-state index is 0.0444. The zero-order chi connectivity index (χ0) is 20.1. The third-order valence-corrected chi connectivity index (χ3v) is 5.53. The van der Waals surface area contributed by atoms with Gasteiger partial charge in [0.05, 0.1) is 18.2 Å². The number of aryl methyl sites for hydroxylation is 1. The molecule has 2 aromatic heterocycles. The van der Waals surface area contributed by atoms with Gasteiger partial charge in [0.1, 0.15) is 5.75 Å². The molecule has 7 heteroatoms. The molecule has 0 aliphatic carbocycles. The maximum absolute atomic E-state index is 13.4. The quantitative estimate of drug-likeness (QED) is 0.780. The molecule has 3 rings (SSSR count). The summed E-state index contributed by atoms with van der Waals surface area (Å²) in [5.41, 5.74) is 1.90. The van der Waals surface area contributed by atoms with E-state index >= 15 is 0 Å². The number of ether oxygens (including phenoxy) is 1. The van der Waals surface area contributed by atoms with Crippen molar-refractivity contribution in [3.05, 3.63) is 57.8 Å². The molecule has 1 N–H and O–H groups in total. The molecule has 0 unspecified atom stereocenters. The van der Waals surface area contributed by atoms with Gasteiger partial charge >= 0.3 is 0 Å². The van der Waals surface area contributed by atoms with E-state index in [9.17, 15) is 9.90 Å². The monoisotopic (exact) mass is 386 g/mol. The van der Waals surface area contributed by atoms with Gasteiger partial charge in [-0.2, -0.15) is 0 Å². The molecule has 1 fully saturated rings. The largest absolute Gasteiger partial charge is 0.507 e. The molecule has 1 saturated heterocycles. The lowest BCUT2D eigenvalue weighted by atomic mass is 9.97. The lowest BCUT2D eigenvalue weighted by Crippen LogP contribution is -2.48. The first-order valence-corrected chi connectivity index (χ1v) is 9.85. The lowest BCUT2D eigenvalue weighted by Gasteiger charge is -2.39. The van der Waals surface area contributed by atoms with Gasteiger partial charge in [0.15, 0.2) is 0 Å². The number of pyridine rings is 2. The van der Waals surface area contributed by atoms with Crippen molar-refractivity contribution in [1.82, 2.24) is 19.4 Å². The molecule has 7 nitrogen and oxygen atoms in total. The van der Waals surface area contributed by atoms with Crippen LogP contribution in [0.25, 0.3) is 0 Å². The second-order valence-corrected chi connectivity index (χ2v) is 7.19. The van der Waals surface area contributed by atoms with Crippen LogP contribution < -0.4 is 5.56 Å². The van der Waals surface area contributed by atoms with Gasteiger partial charge in [-0.25, -0.2) is 0 Å². The van der Waals surface area contributed by atoms with Crippen LogP contribution in [-0.4, -0.2) is 70.9 Å². The fraction of sp³-hybridized carbons (Fsp3) is 0.524. The highest BCUT2D eigenvalue weighted by atomic mass is 16.5. The van der Waals surface area contributed by atoms with E-state index in [-0.39, 0.29) is 17.4 Å². The van der Waals surface area contributed by atoms with Crippen LogP contribution in [0.2, 0.25) is 0 Å². The van der Waals surface area contributed by atoms with E-state index in [0.717, 1.165) is 44.0 Å². The van der Waals surface area contributed by atoms with Gasteiger partial charge in [-0.15, -0.1) is 0 Å². The highest BCUT2D eigenvalue weighted by Gasteiger charge is 2.31. The van der Waals surface area contributed by atoms with E-state index in [4.69, 9.17) is 4.74 Å². The minimum atomic E-state index is -0.324. The minimum Gasteiger partial charge on any atom is -0.507 e. The zero-order valence-corrected chi connectivity index (χ0v) is 17.0. The van der Waals surface area contributed by atoms with Crippen molar-refractivity contribution in [3.8, 4) is 5.75 Å². The fourth-order valence-electron chi connectivity index (χ4n) is 3.92. The first-order chi connectivity index (χ1) is 13.6. The number of methoxy groups -OCH3 is 1. The zero-order valence-electron chi connectivity index (χ0n) is 17.0. The Kier molecular flexibility index (Phi) is 6.83. The normalized spacial score (nSPS) is 17.0. The number of likely N-dealkylation sites (N-methyl/N-ethyl adjacent to an activating group) is 1. The molecule has 0 saturated carbocycles. The predicted molar refractivity (Wildman–Crippen MR) is 109 cm³/mol. The first-order valence-electron chi connectivity index (χ1n) is 9.85. The van der Waals surface area contributed by atoms with Crippen molar-refractivity contribution >= 4 is 0 Å². The Morgan fingerprint density at radius 1 is 1.29 bits per heavy atom. The fourth-order valence-corrected chi connectivity index (χ4v) is 3.92. The summed E-state index contributed by atoms with van der Waals surface area (Å²) in [5, 5.41) is 10.8. The Balaban J connectivity index is 2.07.